The minimum Gasteiger partial charge on any atom is -0.494 e. The highest BCUT2D eigenvalue weighted by Gasteiger charge is 2.16. The predicted molar refractivity (Wildman–Crippen MR) is 146 cm³/mol. The summed E-state index contributed by atoms with van der Waals surface area (Å²) in [7, 11) is 0. The van der Waals surface area contributed by atoms with Crippen molar-refractivity contribution in [2.24, 2.45) is 0 Å². The molecule has 36 heavy (non-hydrogen) atoms. The average Bonchev–Trinajstić information content (AvgIpc) is 2.91. The molecule has 186 valence electrons. The molecule has 0 unspecified atom stereocenters. The van der Waals surface area contributed by atoms with Crippen LogP contribution < -0.4 is 4.74 Å². The number of benzene rings is 4. The van der Waals surface area contributed by atoms with Crippen molar-refractivity contribution in [2.45, 2.75) is 52.4 Å². The Balaban J connectivity index is 1.47. The molecule has 4 aromatic carbocycles. The van der Waals surface area contributed by atoms with Gasteiger partial charge in [0.1, 0.15) is 5.75 Å². The van der Waals surface area contributed by atoms with Crippen LogP contribution in [0.15, 0.2) is 84.9 Å². The second-order valence-electron chi connectivity index (χ2n) is 9.18. The first kappa shape index (κ1) is 25.6. The summed E-state index contributed by atoms with van der Waals surface area (Å²) in [5, 5.41) is 0. The minimum absolute atomic E-state index is 0.262. The largest absolute Gasteiger partial charge is 0.494 e. The molecule has 0 aliphatic heterocycles. The third-order valence-corrected chi connectivity index (χ3v) is 6.61. The van der Waals surface area contributed by atoms with Crippen LogP contribution in [0.5, 0.6) is 5.75 Å². The maximum absolute atomic E-state index is 15.1. The van der Waals surface area contributed by atoms with Gasteiger partial charge in [0.2, 0.25) is 0 Å². The highest BCUT2D eigenvalue weighted by atomic mass is 19.2. The van der Waals surface area contributed by atoms with Crippen LogP contribution in [0.1, 0.15) is 51.5 Å². The van der Waals surface area contributed by atoms with Crippen molar-refractivity contribution in [1.29, 1.82) is 0 Å². The van der Waals surface area contributed by atoms with Crippen LogP contribution in [-0.2, 0) is 6.42 Å². The molecule has 0 amide bonds. The van der Waals surface area contributed by atoms with Crippen LogP contribution in [0.4, 0.5) is 8.78 Å². The standard InChI is InChI=1S/C33H34F2O/c1-3-5-6-7-8-9-24-10-12-27(13-11-24)30-22-23-31(33(35)32(30)34)28-16-14-25(15-17-28)26-18-20-29(21-19-26)36-4-2/h10-23H,3-9H2,1-2H3. The molecule has 0 fully saturated rings. The van der Waals surface area contributed by atoms with Crippen molar-refractivity contribution in [3.63, 3.8) is 0 Å². The Labute approximate surface area is 213 Å². The summed E-state index contributed by atoms with van der Waals surface area (Å²) < 4.78 is 35.7. The predicted octanol–water partition coefficient (Wildman–Crippen LogP) is 9.88. The van der Waals surface area contributed by atoms with Crippen LogP contribution in [0.3, 0.4) is 0 Å². The van der Waals surface area contributed by atoms with Crippen LogP contribution in [0, 0.1) is 11.6 Å². The van der Waals surface area contributed by atoms with E-state index in [1.165, 1.54) is 31.2 Å². The Hall–Kier alpha value is -3.46. The van der Waals surface area contributed by atoms with E-state index in [1.54, 1.807) is 12.1 Å². The molecule has 0 bridgehead atoms. The van der Waals surface area contributed by atoms with Gasteiger partial charge in [-0.15, -0.1) is 0 Å². The molecule has 4 rings (SSSR count). The van der Waals surface area contributed by atoms with Gasteiger partial charge in [-0.05, 0) is 59.7 Å². The molecule has 0 aliphatic carbocycles. The van der Waals surface area contributed by atoms with E-state index in [1.807, 2.05) is 79.7 Å². The average molecular weight is 485 g/mol. The second kappa shape index (κ2) is 12.5. The lowest BCUT2D eigenvalue weighted by Crippen LogP contribution is -1.94. The summed E-state index contributed by atoms with van der Waals surface area (Å²) in [6.45, 7) is 4.79. The molecule has 0 atom stereocenters. The number of hydrogen-bond acceptors (Lipinski definition) is 1. The van der Waals surface area contributed by atoms with Crippen molar-refractivity contribution in [2.75, 3.05) is 6.61 Å². The van der Waals surface area contributed by atoms with E-state index in [4.69, 9.17) is 4.74 Å². The lowest BCUT2D eigenvalue weighted by Gasteiger charge is -2.11. The highest BCUT2D eigenvalue weighted by Crippen LogP contribution is 2.33. The second-order valence-corrected chi connectivity index (χ2v) is 9.18. The maximum atomic E-state index is 15.1. The molecule has 0 saturated carbocycles. The van der Waals surface area contributed by atoms with E-state index in [9.17, 15) is 0 Å². The number of unbranched alkanes of at least 4 members (excludes halogenated alkanes) is 4. The quantitative estimate of drug-likeness (QED) is 0.192. The fourth-order valence-corrected chi connectivity index (χ4v) is 4.53. The summed E-state index contributed by atoms with van der Waals surface area (Å²) in [5.41, 5.74) is 5.17. The minimum atomic E-state index is -0.818. The van der Waals surface area contributed by atoms with Crippen LogP contribution in [0.25, 0.3) is 33.4 Å². The van der Waals surface area contributed by atoms with Crippen molar-refractivity contribution < 1.29 is 13.5 Å². The van der Waals surface area contributed by atoms with Gasteiger partial charge < -0.3 is 4.74 Å². The molecule has 4 aromatic rings. The van der Waals surface area contributed by atoms with Crippen LogP contribution >= 0.6 is 0 Å². The molecule has 0 N–H and O–H groups in total. The van der Waals surface area contributed by atoms with E-state index in [2.05, 4.69) is 6.92 Å². The number of hydrogen-bond donors (Lipinski definition) is 0. The number of aryl methyl sites for hydroxylation is 1. The first-order valence-corrected chi connectivity index (χ1v) is 13.0. The fraction of sp³-hybridized carbons (Fsp3) is 0.273. The molecule has 0 spiro atoms. The zero-order valence-corrected chi connectivity index (χ0v) is 21.2. The lowest BCUT2D eigenvalue weighted by molar-refractivity contribution is 0.340. The Morgan fingerprint density at radius 1 is 0.528 bits per heavy atom. The van der Waals surface area contributed by atoms with Gasteiger partial charge in [-0.2, -0.15) is 0 Å². The van der Waals surface area contributed by atoms with Gasteiger partial charge in [-0.1, -0.05) is 105 Å². The van der Waals surface area contributed by atoms with E-state index in [0.717, 1.165) is 29.7 Å². The van der Waals surface area contributed by atoms with Crippen molar-refractivity contribution >= 4 is 0 Å². The van der Waals surface area contributed by atoms with Gasteiger partial charge in [0.25, 0.3) is 0 Å². The van der Waals surface area contributed by atoms with E-state index in [0.29, 0.717) is 17.7 Å². The number of ether oxygens (including phenoxy) is 1. The zero-order valence-electron chi connectivity index (χ0n) is 21.2. The third kappa shape index (κ3) is 6.20. The van der Waals surface area contributed by atoms with E-state index < -0.39 is 11.6 Å². The summed E-state index contributed by atoms with van der Waals surface area (Å²) in [4.78, 5) is 0. The lowest BCUT2D eigenvalue weighted by atomic mass is 9.96. The van der Waals surface area contributed by atoms with Gasteiger partial charge in [-0.25, -0.2) is 8.78 Å². The molecule has 3 heteroatoms. The molecule has 0 heterocycles. The van der Waals surface area contributed by atoms with E-state index in [-0.39, 0.29) is 11.1 Å². The van der Waals surface area contributed by atoms with Crippen molar-refractivity contribution in [1.82, 2.24) is 0 Å². The van der Waals surface area contributed by atoms with Gasteiger partial charge in [0.15, 0.2) is 11.6 Å². The smallest absolute Gasteiger partial charge is 0.167 e. The topological polar surface area (TPSA) is 9.23 Å². The van der Waals surface area contributed by atoms with Crippen molar-refractivity contribution in [3.05, 3.63) is 102 Å². The first-order valence-electron chi connectivity index (χ1n) is 13.0. The summed E-state index contributed by atoms with van der Waals surface area (Å²) in [5.74, 6) is -0.802. The van der Waals surface area contributed by atoms with Gasteiger partial charge in [0, 0.05) is 11.1 Å². The van der Waals surface area contributed by atoms with Crippen LogP contribution in [0.2, 0.25) is 0 Å². The molecular weight excluding hydrogens is 450 g/mol. The molecule has 1 nitrogen and oxygen atoms in total. The SMILES string of the molecule is CCCCCCCc1ccc(-c2ccc(-c3ccc(-c4ccc(OCC)cc4)cc3)c(F)c2F)cc1. The highest BCUT2D eigenvalue weighted by molar-refractivity contribution is 5.74. The monoisotopic (exact) mass is 484 g/mol. The maximum Gasteiger partial charge on any atom is 0.167 e. The summed E-state index contributed by atoms with van der Waals surface area (Å²) in [6.07, 6.45) is 7.21. The third-order valence-electron chi connectivity index (χ3n) is 6.61. The van der Waals surface area contributed by atoms with Gasteiger partial charge in [0.05, 0.1) is 6.61 Å². The van der Waals surface area contributed by atoms with Crippen LogP contribution in [-0.4, -0.2) is 6.61 Å². The van der Waals surface area contributed by atoms with Gasteiger partial charge >= 0.3 is 0 Å². The van der Waals surface area contributed by atoms with Gasteiger partial charge in [-0.3, -0.25) is 0 Å². The Bertz CT molecular complexity index is 1240. The summed E-state index contributed by atoms with van der Waals surface area (Å²) >= 11 is 0. The molecule has 0 saturated heterocycles. The fourth-order valence-electron chi connectivity index (χ4n) is 4.53. The molecule has 0 aromatic heterocycles. The molecule has 0 radical (unpaired) electrons. The first-order chi connectivity index (χ1) is 17.6. The molecular formula is C33H34F2O. The number of rotatable bonds is 11. The molecule has 0 aliphatic rings. The normalized spacial score (nSPS) is 11.0. The number of halogens is 2. The summed E-state index contributed by atoms with van der Waals surface area (Å²) in [6, 6.07) is 26.6. The Morgan fingerprint density at radius 2 is 1.00 bits per heavy atom. The Kier molecular flexibility index (Phi) is 8.89. The van der Waals surface area contributed by atoms with Crippen molar-refractivity contribution in [3.8, 4) is 39.1 Å². The Morgan fingerprint density at radius 3 is 1.53 bits per heavy atom. The van der Waals surface area contributed by atoms with E-state index >= 15 is 8.78 Å². The zero-order chi connectivity index (χ0) is 25.3.